The number of nitrogens with two attached hydrogens (primary N) is 1. The standard InChI is InChI=1S/C12H18N2O/c1-3-10(8-12(13)14)15-11-7-5-4-6-9(11)2/h4-7,10H,3,8H2,1-2H3,(H3,13,14). The molecule has 0 saturated carbocycles. The molecule has 3 heteroatoms. The number of nitrogens with one attached hydrogen (secondary N) is 1. The lowest BCUT2D eigenvalue weighted by Crippen LogP contribution is -2.24. The monoisotopic (exact) mass is 206 g/mol. The van der Waals surface area contributed by atoms with Crippen molar-refractivity contribution in [3.63, 3.8) is 0 Å². The number of para-hydroxylation sites is 1. The molecule has 0 bridgehead atoms. The summed E-state index contributed by atoms with van der Waals surface area (Å²) in [6, 6.07) is 7.88. The molecule has 0 aliphatic heterocycles. The first-order chi connectivity index (χ1) is 7.13. The second-order valence-electron chi connectivity index (χ2n) is 3.64. The maximum atomic E-state index is 7.25. The molecule has 0 radical (unpaired) electrons. The van der Waals surface area contributed by atoms with Crippen LogP contribution in [0.1, 0.15) is 25.3 Å². The van der Waals surface area contributed by atoms with Gasteiger partial charge in [0.05, 0.1) is 5.84 Å². The quantitative estimate of drug-likeness (QED) is 0.574. The number of benzene rings is 1. The van der Waals surface area contributed by atoms with Gasteiger partial charge in [0.2, 0.25) is 0 Å². The smallest absolute Gasteiger partial charge is 0.122 e. The molecular formula is C12H18N2O. The molecule has 0 aliphatic carbocycles. The van der Waals surface area contributed by atoms with E-state index in [9.17, 15) is 0 Å². The Morgan fingerprint density at radius 3 is 2.67 bits per heavy atom. The second kappa shape index (κ2) is 5.39. The van der Waals surface area contributed by atoms with Crippen molar-refractivity contribution in [2.24, 2.45) is 5.73 Å². The van der Waals surface area contributed by atoms with Crippen LogP contribution in [0.25, 0.3) is 0 Å². The van der Waals surface area contributed by atoms with E-state index < -0.39 is 0 Å². The molecule has 0 aliphatic rings. The van der Waals surface area contributed by atoms with E-state index >= 15 is 0 Å². The van der Waals surface area contributed by atoms with Crippen LogP contribution >= 0.6 is 0 Å². The number of hydrogen-bond donors (Lipinski definition) is 2. The van der Waals surface area contributed by atoms with E-state index in [0.717, 1.165) is 17.7 Å². The molecular weight excluding hydrogens is 188 g/mol. The van der Waals surface area contributed by atoms with Crippen molar-refractivity contribution >= 4 is 5.84 Å². The van der Waals surface area contributed by atoms with Crippen LogP contribution in [0.15, 0.2) is 24.3 Å². The molecule has 1 aromatic carbocycles. The van der Waals surface area contributed by atoms with E-state index in [0.29, 0.717) is 6.42 Å². The van der Waals surface area contributed by atoms with Crippen LogP contribution in [0.5, 0.6) is 5.75 Å². The van der Waals surface area contributed by atoms with Gasteiger partial charge in [-0.15, -0.1) is 0 Å². The molecule has 1 unspecified atom stereocenters. The molecule has 3 nitrogen and oxygen atoms in total. The summed E-state index contributed by atoms with van der Waals surface area (Å²) in [5.41, 5.74) is 6.47. The zero-order valence-corrected chi connectivity index (χ0v) is 9.29. The van der Waals surface area contributed by atoms with Crippen molar-refractivity contribution in [3.05, 3.63) is 29.8 Å². The summed E-state index contributed by atoms with van der Waals surface area (Å²) in [7, 11) is 0. The number of hydrogen-bond acceptors (Lipinski definition) is 2. The highest BCUT2D eigenvalue weighted by atomic mass is 16.5. The molecule has 3 N–H and O–H groups in total. The average Bonchev–Trinajstić information content (AvgIpc) is 2.19. The molecule has 0 aromatic heterocycles. The molecule has 1 atom stereocenters. The minimum absolute atomic E-state index is 0.00333. The van der Waals surface area contributed by atoms with Gasteiger partial charge >= 0.3 is 0 Å². The van der Waals surface area contributed by atoms with Crippen molar-refractivity contribution < 1.29 is 4.74 Å². The van der Waals surface area contributed by atoms with Crippen molar-refractivity contribution in [1.29, 1.82) is 5.41 Å². The van der Waals surface area contributed by atoms with Gasteiger partial charge in [0.15, 0.2) is 0 Å². The molecule has 82 valence electrons. The fourth-order valence-electron chi connectivity index (χ4n) is 1.38. The molecule has 1 aromatic rings. The normalized spacial score (nSPS) is 12.1. The number of aryl methyl sites for hydroxylation is 1. The van der Waals surface area contributed by atoms with E-state index in [1.165, 1.54) is 0 Å². The molecule has 0 amide bonds. The third-order valence-electron chi connectivity index (χ3n) is 2.29. The minimum atomic E-state index is 0.00333. The number of amidine groups is 1. The first kappa shape index (κ1) is 11.6. The molecule has 15 heavy (non-hydrogen) atoms. The summed E-state index contributed by atoms with van der Waals surface area (Å²) in [6.45, 7) is 4.04. The Morgan fingerprint density at radius 2 is 2.13 bits per heavy atom. The van der Waals surface area contributed by atoms with E-state index in [-0.39, 0.29) is 11.9 Å². The fourth-order valence-corrected chi connectivity index (χ4v) is 1.38. The Bertz CT molecular complexity index is 336. The lowest BCUT2D eigenvalue weighted by molar-refractivity contribution is 0.203. The summed E-state index contributed by atoms with van der Waals surface area (Å²) in [5, 5.41) is 7.25. The van der Waals surface area contributed by atoms with Crippen LogP contribution in [0.3, 0.4) is 0 Å². The van der Waals surface area contributed by atoms with Gasteiger partial charge in [0.1, 0.15) is 11.9 Å². The summed E-state index contributed by atoms with van der Waals surface area (Å²) in [4.78, 5) is 0. The Kier molecular flexibility index (Phi) is 4.16. The lowest BCUT2D eigenvalue weighted by atomic mass is 10.1. The number of ether oxygens (including phenoxy) is 1. The highest BCUT2D eigenvalue weighted by Gasteiger charge is 2.10. The largest absolute Gasteiger partial charge is 0.490 e. The van der Waals surface area contributed by atoms with Gasteiger partial charge in [-0.1, -0.05) is 25.1 Å². The Balaban J connectivity index is 2.66. The van der Waals surface area contributed by atoms with Gasteiger partial charge in [-0.2, -0.15) is 0 Å². The van der Waals surface area contributed by atoms with Crippen LogP contribution in [-0.4, -0.2) is 11.9 Å². The van der Waals surface area contributed by atoms with Crippen molar-refractivity contribution in [3.8, 4) is 5.75 Å². The molecule has 0 fully saturated rings. The van der Waals surface area contributed by atoms with Gasteiger partial charge in [-0.3, -0.25) is 5.41 Å². The minimum Gasteiger partial charge on any atom is -0.490 e. The summed E-state index contributed by atoms with van der Waals surface area (Å²) in [6.07, 6.45) is 1.35. The van der Waals surface area contributed by atoms with Gasteiger partial charge in [-0.25, -0.2) is 0 Å². The van der Waals surface area contributed by atoms with Crippen molar-refractivity contribution in [2.75, 3.05) is 0 Å². The van der Waals surface area contributed by atoms with Crippen LogP contribution < -0.4 is 10.5 Å². The topological polar surface area (TPSA) is 59.1 Å². The molecule has 0 heterocycles. The Hall–Kier alpha value is -1.51. The molecule has 1 rings (SSSR count). The van der Waals surface area contributed by atoms with Crippen LogP contribution in [0.4, 0.5) is 0 Å². The van der Waals surface area contributed by atoms with Gasteiger partial charge in [0.25, 0.3) is 0 Å². The third-order valence-corrected chi connectivity index (χ3v) is 2.29. The zero-order valence-electron chi connectivity index (χ0n) is 9.29. The predicted octanol–water partition coefficient (Wildman–Crippen LogP) is 2.48. The van der Waals surface area contributed by atoms with Crippen molar-refractivity contribution in [1.82, 2.24) is 0 Å². The summed E-state index contributed by atoms with van der Waals surface area (Å²) < 4.78 is 5.78. The molecule has 0 saturated heterocycles. The van der Waals surface area contributed by atoms with Crippen molar-refractivity contribution in [2.45, 2.75) is 32.8 Å². The summed E-state index contributed by atoms with van der Waals surface area (Å²) >= 11 is 0. The molecule has 0 spiro atoms. The zero-order chi connectivity index (χ0) is 11.3. The fraction of sp³-hybridized carbons (Fsp3) is 0.417. The third kappa shape index (κ3) is 3.62. The highest BCUT2D eigenvalue weighted by Crippen LogP contribution is 2.19. The highest BCUT2D eigenvalue weighted by molar-refractivity contribution is 5.77. The van der Waals surface area contributed by atoms with Crippen LogP contribution in [0, 0.1) is 12.3 Å². The van der Waals surface area contributed by atoms with E-state index in [1.54, 1.807) is 0 Å². The van der Waals surface area contributed by atoms with Crippen LogP contribution in [-0.2, 0) is 0 Å². The summed E-state index contributed by atoms with van der Waals surface area (Å²) in [5.74, 6) is 1.06. The van der Waals surface area contributed by atoms with E-state index in [4.69, 9.17) is 15.9 Å². The van der Waals surface area contributed by atoms with Gasteiger partial charge in [0, 0.05) is 6.42 Å². The first-order valence-electron chi connectivity index (χ1n) is 5.18. The van der Waals surface area contributed by atoms with Gasteiger partial charge < -0.3 is 10.5 Å². The van der Waals surface area contributed by atoms with Gasteiger partial charge in [-0.05, 0) is 25.0 Å². The Morgan fingerprint density at radius 1 is 1.47 bits per heavy atom. The Labute approximate surface area is 90.8 Å². The maximum Gasteiger partial charge on any atom is 0.122 e. The van der Waals surface area contributed by atoms with Crippen LogP contribution in [0.2, 0.25) is 0 Å². The maximum absolute atomic E-state index is 7.25. The first-order valence-corrected chi connectivity index (χ1v) is 5.18. The lowest BCUT2D eigenvalue weighted by Gasteiger charge is -2.18. The van der Waals surface area contributed by atoms with E-state index in [1.807, 2.05) is 38.1 Å². The average molecular weight is 206 g/mol. The van der Waals surface area contributed by atoms with E-state index in [2.05, 4.69) is 0 Å². The second-order valence-corrected chi connectivity index (χ2v) is 3.64. The number of rotatable bonds is 5. The SMILES string of the molecule is CCC(CC(=N)N)Oc1ccccc1C. The predicted molar refractivity (Wildman–Crippen MR) is 62.4 cm³/mol.